The molecule has 0 aliphatic carbocycles. The molecule has 1 nitrogen and oxygen atoms in total. The van der Waals surface area contributed by atoms with Crippen molar-refractivity contribution in [1.29, 1.82) is 0 Å². The SMILES string of the molecule is CCCCCCCCCc1cc(CC)c(O)c(CCCCCCCCC)c1. The monoisotopic (exact) mass is 374 g/mol. The molecule has 1 aromatic carbocycles. The highest BCUT2D eigenvalue weighted by atomic mass is 16.3. The van der Waals surface area contributed by atoms with Gasteiger partial charge in [0, 0.05) is 0 Å². The molecule has 0 atom stereocenters. The highest BCUT2D eigenvalue weighted by Gasteiger charge is 2.09. The molecule has 0 heterocycles. The molecule has 1 heteroatoms. The van der Waals surface area contributed by atoms with Crippen LogP contribution in [0.25, 0.3) is 0 Å². The average Bonchev–Trinajstić information content (AvgIpc) is 2.68. The summed E-state index contributed by atoms with van der Waals surface area (Å²) in [7, 11) is 0. The Morgan fingerprint density at radius 3 is 1.52 bits per heavy atom. The van der Waals surface area contributed by atoms with Crippen LogP contribution in [-0.4, -0.2) is 5.11 Å². The van der Waals surface area contributed by atoms with E-state index in [0.29, 0.717) is 5.75 Å². The Morgan fingerprint density at radius 1 is 0.556 bits per heavy atom. The van der Waals surface area contributed by atoms with Gasteiger partial charge in [0.15, 0.2) is 0 Å². The Kier molecular flexibility index (Phi) is 14.3. The first-order valence-electron chi connectivity index (χ1n) is 12.1. The average molecular weight is 375 g/mol. The van der Waals surface area contributed by atoms with E-state index in [4.69, 9.17) is 0 Å². The molecule has 27 heavy (non-hydrogen) atoms. The van der Waals surface area contributed by atoms with E-state index in [1.807, 2.05) is 0 Å². The zero-order chi connectivity index (χ0) is 19.7. The second kappa shape index (κ2) is 16.0. The van der Waals surface area contributed by atoms with Gasteiger partial charge in [-0.05, 0) is 48.8 Å². The van der Waals surface area contributed by atoms with E-state index < -0.39 is 0 Å². The lowest BCUT2D eigenvalue weighted by atomic mass is 9.95. The second-order valence-corrected chi connectivity index (χ2v) is 8.36. The fourth-order valence-corrected chi connectivity index (χ4v) is 4.00. The maximum absolute atomic E-state index is 10.6. The summed E-state index contributed by atoms with van der Waals surface area (Å²) in [4.78, 5) is 0. The Hall–Kier alpha value is -0.980. The third kappa shape index (κ3) is 10.8. The van der Waals surface area contributed by atoms with Crippen LogP contribution in [0.5, 0.6) is 5.75 Å². The first-order valence-corrected chi connectivity index (χ1v) is 12.1. The largest absolute Gasteiger partial charge is 0.507 e. The number of benzene rings is 1. The second-order valence-electron chi connectivity index (χ2n) is 8.36. The Bertz CT molecular complexity index is 477. The summed E-state index contributed by atoms with van der Waals surface area (Å²) in [5, 5.41) is 10.6. The molecule has 1 rings (SSSR count). The molecule has 156 valence electrons. The van der Waals surface area contributed by atoms with Crippen molar-refractivity contribution < 1.29 is 5.11 Å². The highest BCUT2D eigenvalue weighted by molar-refractivity contribution is 5.44. The van der Waals surface area contributed by atoms with Gasteiger partial charge in [0.1, 0.15) is 5.75 Å². The number of phenolic OH excluding ortho intramolecular Hbond substituents is 1. The van der Waals surface area contributed by atoms with Gasteiger partial charge < -0.3 is 5.11 Å². The standard InChI is InChI=1S/C26H46O/c1-4-7-9-11-13-15-17-19-23-21-24(6-3)26(27)25(22-23)20-18-16-14-12-10-8-5-2/h21-22,27H,4-20H2,1-3H3. The van der Waals surface area contributed by atoms with Crippen molar-refractivity contribution in [2.24, 2.45) is 0 Å². The molecule has 1 aromatic rings. The lowest BCUT2D eigenvalue weighted by molar-refractivity contribution is 0.459. The molecular formula is C26H46O. The molecule has 0 radical (unpaired) electrons. The van der Waals surface area contributed by atoms with Crippen molar-refractivity contribution in [3.8, 4) is 5.75 Å². The number of rotatable bonds is 17. The van der Waals surface area contributed by atoms with Crippen LogP contribution >= 0.6 is 0 Å². The summed E-state index contributed by atoms with van der Waals surface area (Å²) < 4.78 is 0. The van der Waals surface area contributed by atoms with Crippen molar-refractivity contribution in [2.45, 2.75) is 130 Å². The van der Waals surface area contributed by atoms with Crippen LogP contribution in [0.3, 0.4) is 0 Å². The molecule has 0 amide bonds. The zero-order valence-corrected chi connectivity index (χ0v) is 18.6. The molecule has 0 fully saturated rings. The molecular weight excluding hydrogens is 328 g/mol. The molecule has 0 aliphatic rings. The number of hydrogen-bond acceptors (Lipinski definition) is 1. The summed E-state index contributed by atoms with van der Waals surface area (Å²) in [5.74, 6) is 0.576. The van der Waals surface area contributed by atoms with Gasteiger partial charge in [0.05, 0.1) is 0 Å². The number of aromatic hydroxyl groups is 1. The fraction of sp³-hybridized carbons (Fsp3) is 0.769. The predicted octanol–water partition coefficient (Wildman–Crippen LogP) is 8.54. The predicted molar refractivity (Wildman–Crippen MR) is 121 cm³/mol. The highest BCUT2D eigenvalue weighted by Crippen LogP contribution is 2.28. The van der Waals surface area contributed by atoms with Gasteiger partial charge in [-0.1, -0.05) is 110 Å². The van der Waals surface area contributed by atoms with Crippen molar-refractivity contribution in [3.05, 3.63) is 28.8 Å². The van der Waals surface area contributed by atoms with Crippen molar-refractivity contribution in [3.63, 3.8) is 0 Å². The van der Waals surface area contributed by atoms with Crippen LogP contribution in [-0.2, 0) is 19.3 Å². The van der Waals surface area contributed by atoms with E-state index >= 15 is 0 Å². The quantitative estimate of drug-likeness (QED) is 0.271. The van der Waals surface area contributed by atoms with E-state index in [1.54, 1.807) is 0 Å². The van der Waals surface area contributed by atoms with E-state index in [-0.39, 0.29) is 0 Å². The molecule has 0 aliphatic heterocycles. The minimum atomic E-state index is 0.576. The van der Waals surface area contributed by atoms with Gasteiger partial charge >= 0.3 is 0 Å². The summed E-state index contributed by atoms with van der Waals surface area (Å²) >= 11 is 0. The number of phenols is 1. The lowest BCUT2D eigenvalue weighted by Gasteiger charge is -2.13. The fourth-order valence-electron chi connectivity index (χ4n) is 4.00. The van der Waals surface area contributed by atoms with Crippen LogP contribution in [0.2, 0.25) is 0 Å². The first kappa shape index (κ1) is 24.1. The number of hydrogen-bond donors (Lipinski definition) is 1. The molecule has 0 saturated carbocycles. The molecule has 0 bridgehead atoms. The molecule has 0 saturated heterocycles. The molecule has 0 unspecified atom stereocenters. The third-order valence-electron chi connectivity index (χ3n) is 5.83. The van der Waals surface area contributed by atoms with E-state index in [2.05, 4.69) is 32.9 Å². The molecule has 1 N–H and O–H groups in total. The van der Waals surface area contributed by atoms with Gasteiger partial charge in [0.2, 0.25) is 0 Å². The van der Waals surface area contributed by atoms with Gasteiger partial charge in [-0.25, -0.2) is 0 Å². The van der Waals surface area contributed by atoms with Crippen LogP contribution in [0, 0.1) is 0 Å². The molecule has 0 aromatic heterocycles. The normalized spacial score (nSPS) is 11.2. The maximum atomic E-state index is 10.6. The minimum Gasteiger partial charge on any atom is -0.507 e. The van der Waals surface area contributed by atoms with Gasteiger partial charge in [-0.15, -0.1) is 0 Å². The van der Waals surface area contributed by atoms with Crippen molar-refractivity contribution >= 4 is 0 Å². The Morgan fingerprint density at radius 2 is 1.00 bits per heavy atom. The lowest BCUT2D eigenvalue weighted by Crippen LogP contribution is -1.96. The molecule has 0 spiro atoms. The van der Waals surface area contributed by atoms with Gasteiger partial charge in [0.25, 0.3) is 0 Å². The topological polar surface area (TPSA) is 20.2 Å². The summed E-state index contributed by atoms with van der Waals surface area (Å²) in [6.45, 7) is 6.71. The van der Waals surface area contributed by atoms with Gasteiger partial charge in [-0.2, -0.15) is 0 Å². The van der Waals surface area contributed by atoms with Crippen LogP contribution < -0.4 is 0 Å². The third-order valence-corrected chi connectivity index (χ3v) is 5.83. The minimum absolute atomic E-state index is 0.576. The number of aryl methyl sites for hydroxylation is 3. The summed E-state index contributed by atoms with van der Waals surface area (Å²) in [6, 6.07) is 4.54. The van der Waals surface area contributed by atoms with E-state index in [9.17, 15) is 5.11 Å². The van der Waals surface area contributed by atoms with Crippen LogP contribution in [0.15, 0.2) is 12.1 Å². The van der Waals surface area contributed by atoms with E-state index in [1.165, 1.54) is 107 Å². The van der Waals surface area contributed by atoms with Gasteiger partial charge in [-0.3, -0.25) is 0 Å². The number of unbranched alkanes of at least 4 members (excludes halogenated alkanes) is 12. The Labute approximate surface area is 170 Å². The van der Waals surface area contributed by atoms with E-state index in [0.717, 1.165) is 18.4 Å². The van der Waals surface area contributed by atoms with Crippen LogP contribution in [0.4, 0.5) is 0 Å². The smallest absolute Gasteiger partial charge is 0.121 e. The van der Waals surface area contributed by atoms with Crippen LogP contribution in [0.1, 0.15) is 127 Å². The summed E-state index contributed by atoms with van der Waals surface area (Å²) in [5.41, 5.74) is 3.78. The Balaban J connectivity index is 2.40. The van der Waals surface area contributed by atoms with Crippen molar-refractivity contribution in [2.75, 3.05) is 0 Å². The van der Waals surface area contributed by atoms with Crippen molar-refractivity contribution in [1.82, 2.24) is 0 Å². The summed E-state index contributed by atoms with van der Waals surface area (Å²) in [6.07, 6.45) is 22.0. The first-order chi connectivity index (χ1) is 13.2. The maximum Gasteiger partial charge on any atom is 0.121 e. The zero-order valence-electron chi connectivity index (χ0n) is 18.6.